The quantitative estimate of drug-likeness (QED) is 0.770. The Morgan fingerprint density at radius 2 is 1.55 bits per heavy atom. The number of carboxylic acid groups (broad SMARTS) is 1. The minimum Gasteiger partial charge on any atom is -0.478 e. The van der Waals surface area contributed by atoms with Crippen LogP contribution in [0, 0.1) is 3.57 Å². The molecule has 0 atom stereocenters. The normalized spacial score (nSPS) is 11.1. The van der Waals surface area contributed by atoms with Crippen molar-refractivity contribution in [2.75, 3.05) is 4.72 Å². The van der Waals surface area contributed by atoms with Crippen LogP contribution in [0.1, 0.15) is 10.4 Å². The molecular formula is C13H10INO4S. The highest BCUT2D eigenvalue weighted by atomic mass is 127. The van der Waals surface area contributed by atoms with Gasteiger partial charge in [-0.3, -0.25) is 4.72 Å². The molecule has 0 unspecified atom stereocenters. The largest absolute Gasteiger partial charge is 0.478 e. The van der Waals surface area contributed by atoms with E-state index in [1.807, 2.05) is 0 Å². The van der Waals surface area contributed by atoms with Gasteiger partial charge in [-0.1, -0.05) is 0 Å². The van der Waals surface area contributed by atoms with Crippen LogP contribution >= 0.6 is 22.6 Å². The molecular weight excluding hydrogens is 393 g/mol. The summed E-state index contributed by atoms with van der Waals surface area (Å²) >= 11 is 2.09. The summed E-state index contributed by atoms with van der Waals surface area (Å²) in [6.45, 7) is 0. The van der Waals surface area contributed by atoms with Gasteiger partial charge in [0.25, 0.3) is 10.0 Å². The lowest BCUT2D eigenvalue weighted by Gasteiger charge is -2.08. The Kier molecular flexibility index (Phi) is 4.29. The van der Waals surface area contributed by atoms with Crippen LogP contribution in [0.5, 0.6) is 0 Å². The monoisotopic (exact) mass is 403 g/mol. The van der Waals surface area contributed by atoms with Gasteiger partial charge in [-0.2, -0.15) is 0 Å². The third-order valence-electron chi connectivity index (χ3n) is 2.51. The summed E-state index contributed by atoms with van der Waals surface area (Å²) in [7, 11) is -3.66. The van der Waals surface area contributed by atoms with Gasteiger partial charge in [0.2, 0.25) is 0 Å². The zero-order valence-corrected chi connectivity index (χ0v) is 13.1. The lowest BCUT2D eigenvalue weighted by atomic mass is 10.2. The second-order valence-corrected chi connectivity index (χ2v) is 6.87. The first-order chi connectivity index (χ1) is 9.38. The van der Waals surface area contributed by atoms with Crippen LogP contribution in [0.15, 0.2) is 53.4 Å². The minimum atomic E-state index is -3.66. The molecule has 20 heavy (non-hydrogen) atoms. The third-order valence-corrected chi connectivity index (χ3v) is 4.62. The molecule has 0 aliphatic carbocycles. The summed E-state index contributed by atoms with van der Waals surface area (Å²) in [6.07, 6.45) is 0. The first-order valence-electron chi connectivity index (χ1n) is 5.50. The van der Waals surface area contributed by atoms with Crippen molar-refractivity contribution in [3.8, 4) is 0 Å². The van der Waals surface area contributed by atoms with Gasteiger partial charge in [0, 0.05) is 9.26 Å². The van der Waals surface area contributed by atoms with Crippen molar-refractivity contribution in [1.82, 2.24) is 0 Å². The number of halogens is 1. The smallest absolute Gasteiger partial charge is 0.335 e. The van der Waals surface area contributed by atoms with E-state index in [2.05, 4.69) is 27.3 Å². The summed E-state index contributed by atoms with van der Waals surface area (Å²) < 4.78 is 27.5. The lowest BCUT2D eigenvalue weighted by Crippen LogP contribution is -2.13. The number of carboxylic acids is 1. The number of hydrogen-bond acceptors (Lipinski definition) is 3. The van der Waals surface area contributed by atoms with Crippen molar-refractivity contribution in [3.63, 3.8) is 0 Å². The zero-order chi connectivity index (χ0) is 14.8. The molecule has 5 nitrogen and oxygen atoms in total. The number of nitrogens with one attached hydrogen (secondary N) is 1. The first kappa shape index (κ1) is 14.8. The van der Waals surface area contributed by atoms with E-state index in [-0.39, 0.29) is 10.5 Å². The molecule has 2 aromatic carbocycles. The first-order valence-corrected chi connectivity index (χ1v) is 8.06. The Balaban J connectivity index is 2.24. The van der Waals surface area contributed by atoms with Crippen molar-refractivity contribution in [3.05, 3.63) is 57.7 Å². The Morgan fingerprint density at radius 1 is 1.00 bits per heavy atom. The number of aromatic carboxylic acids is 1. The van der Waals surface area contributed by atoms with Crippen molar-refractivity contribution in [1.29, 1.82) is 0 Å². The van der Waals surface area contributed by atoms with E-state index in [4.69, 9.17) is 5.11 Å². The van der Waals surface area contributed by atoms with Gasteiger partial charge >= 0.3 is 5.97 Å². The van der Waals surface area contributed by atoms with Crippen molar-refractivity contribution >= 4 is 44.3 Å². The highest BCUT2D eigenvalue weighted by Crippen LogP contribution is 2.17. The van der Waals surface area contributed by atoms with Crippen LogP contribution in [-0.4, -0.2) is 19.5 Å². The summed E-state index contributed by atoms with van der Waals surface area (Å²) in [6, 6.07) is 11.9. The molecule has 7 heteroatoms. The summed E-state index contributed by atoms with van der Waals surface area (Å²) in [5.41, 5.74) is 0.413. The molecule has 2 aromatic rings. The molecule has 2 rings (SSSR count). The molecule has 0 fully saturated rings. The van der Waals surface area contributed by atoms with E-state index in [0.717, 1.165) is 3.57 Å². The number of hydrogen-bond donors (Lipinski definition) is 2. The SMILES string of the molecule is O=C(O)c1ccc(NS(=O)(=O)c2ccc(I)cc2)cc1. The van der Waals surface area contributed by atoms with Gasteiger partial charge in [0.15, 0.2) is 0 Å². The molecule has 0 aliphatic heterocycles. The zero-order valence-electron chi connectivity index (χ0n) is 10.1. The fourth-order valence-corrected chi connectivity index (χ4v) is 2.93. The standard InChI is InChI=1S/C13H10INO4S/c14-10-3-7-12(8-4-10)20(18,19)15-11-5-1-9(2-6-11)13(16)17/h1-8,15H,(H,16,17). The lowest BCUT2D eigenvalue weighted by molar-refractivity contribution is 0.0697. The van der Waals surface area contributed by atoms with Crippen LogP contribution in [-0.2, 0) is 10.0 Å². The molecule has 0 spiro atoms. The Hall–Kier alpha value is -1.61. The van der Waals surface area contributed by atoms with Crippen LogP contribution in [0.4, 0.5) is 5.69 Å². The number of anilines is 1. The maximum Gasteiger partial charge on any atom is 0.335 e. The molecule has 0 bridgehead atoms. The van der Waals surface area contributed by atoms with Crippen molar-refractivity contribution in [2.24, 2.45) is 0 Å². The molecule has 0 radical (unpaired) electrons. The summed E-state index contributed by atoms with van der Waals surface area (Å²) in [5, 5.41) is 8.77. The Morgan fingerprint density at radius 3 is 2.05 bits per heavy atom. The van der Waals surface area contributed by atoms with Crippen LogP contribution in [0.25, 0.3) is 0 Å². The molecule has 0 amide bonds. The van der Waals surface area contributed by atoms with E-state index in [9.17, 15) is 13.2 Å². The van der Waals surface area contributed by atoms with E-state index < -0.39 is 16.0 Å². The minimum absolute atomic E-state index is 0.0993. The molecule has 0 heterocycles. The average Bonchev–Trinajstić information content (AvgIpc) is 2.39. The summed E-state index contributed by atoms with van der Waals surface area (Å²) in [4.78, 5) is 10.9. The van der Waals surface area contributed by atoms with Gasteiger partial charge in [-0.25, -0.2) is 13.2 Å². The molecule has 2 N–H and O–H groups in total. The highest BCUT2D eigenvalue weighted by Gasteiger charge is 2.14. The number of rotatable bonds is 4. The van der Waals surface area contributed by atoms with Crippen molar-refractivity contribution in [2.45, 2.75) is 4.90 Å². The van der Waals surface area contributed by atoms with E-state index in [1.54, 1.807) is 12.1 Å². The fraction of sp³-hybridized carbons (Fsp3) is 0. The molecule has 0 saturated heterocycles. The highest BCUT2D eigenvalue weighted by molar-refractivity contribution is 14.1. The molecule has 0 saturated carbocycles. The van der Waals surface area contributed by atoms with Crippen LogP contribution < -0.4 is 4.72 Å². The van der Waals surface area contributed by atoms with Gasteiger partial charge in [0.05, 0.1) is 10.5 Å². The van der Waals surface area contributed by atoms with E-state index in [0.29, 0.717) is 5.69 Å². The van der Waals surface area contributed by atoms with Gasteiger partial charge < -0.3 is 5.11 Å². The maximum absolute atomic E-state index is 12.1. The van der Waals surface area contributed by atoms with Crippen LogP contribution in [0.3, 0.4) is 0 Å². The summed E-state index contributed by atoms with van der Waals surface area (Å²) in [5.74, 6) is -1.06. The maximum atomic E-state index is 12.1. The predicted molar refractivity (Wildman–Crippen MR) is 83.4 cm³/mol. The van der Waals surface area contributed by atoms with Gasteiger partial charge in [-0.15, -0.1) is 0 Å². The number of sulfonamides is 1. The van der Waals surface area contributed by atoms with Crippen LogP contribution in [0.2, 0.25) is 0 Å². The Labute approximate surface area is 129 Å². The molecule has 0 aromatic heterocycles. The topological polar surface area (TPSA) is 83.5 Å². The Bertz CT molecular complexity index is 724. The number of benzene rings is 2. The fourth-order valence-electron chi connectivity index (χ4n) is 1.51. The van der Waals surface area contributed by atoms with E-state index in [1.165, 1.54) is 36.4 Å². The average molecular weight is 403 g/mol. The second-order valence-electron chi connectivity index (χ2n) is 3.94. The number of carbonyl (C=O) groups is 1. The predicted octanol–water partition coefficient (Wildman–Crippen LogP) is 2.79. The molecule has 104 valence electrons. The van der Waals surface area contributed by atoms with Crippen molar-refractivity contribution < 1.29 is 18.3 Å². The third kappa shape index (κ3) is 3.48. The van der Waals surface area contributed by atoms with Gasteiger partial charge in [0.1, 0.15) is 0 Å². The molecule has 0 aliphatic rings. The van der Waals surface area contributed by atoms with Gasteiger partial charge in [-0.05, 0) is 71.1 Å². The second kappa shape index (κ2) is 5.80. The van der Waals surface area contributed by atoms with E-state index >= 15 is 0 Å².